The molecule has 1 unspecified atom stereocenters. The van der Waals surface area contributed by atoms with E-state index in [1.807, 2.05) is 29.3 Å². The van der Waals surface area contributed by atoms with Gasteiger partial charge in [-0.2, -0.15) is 0 Å². The van der Waals surface area contributed by atoms with Crippen molar-refractivity contribution in [2.45, 2.75) is 33.2 Å². The van der Waals surface area contributed by atoms with Crippen LogP contribution in [0.4, 0.5) is 0 Å². The Morgan fingerprint density at radius 3 is 2.96 bits per heavy atom. The number of hydrogen-bond acceptors (Lipinski definition) is 4. The molecule has 0 bridgehead atoms. The summed E-state index contributed by atoms with van der Waals surface area (Å²) in [5.74, 6) is 1.00. The number of aromatic nitrogens is 1. The van der Waals surface area contributed by atoms with E-state index in [1.54, 1.807) is 6.20 Å². The van der Waals surface area contributed by atoms with Gasteiger partial charge in [0.05, 0.1) is 19.1 Å². The van der Waals surface area contributed by atoms with Crippen LogP contribution in [0.25, 0.3) is 0 Å². The van der Waals surface area contributed by atoms with Crippen molar-refractivity contribution in [3.63, 3.8) is 0 Å². The Labute approximate surface area is 155 Å². The van der Waals surface area contributed by atoms with Crippen molar-refractivity contribution >= 4 is 5.91 Å². The highest BCUT2D eigenvalue weighted by molar-refractivity contribution is 5.77. The number of nitrogens with zero attached hydrogens (tertiary/aromatic N) is 2. The minimum Gasteiger partial charge on any atom is -0.493 e. The Balaban J connectivity index is 1.62. The maximum absolute atomic E-state index is 12.8. The molecule has 2 heterocycles. The van der Waals surface area contributed by atoms with E-state index in [1.165, 1.54) is 11.1 Å². The van der Waals surface area contributed by atoms with Crippen LogP contribution in [-0.2, 0) is 4.79 Å². The van der Waals surface area contributed by atoms with Crippen LogP contribution >= 0.6 is 0 Å². The molecule has 0 saturated carbocycles. The summed E-state index contributed by atoms with van der Waals surface area (Å²) in [5, 5.41) is 3.37. The van der Waals surface area contributed by atoms with E-state index in [9.17, 15) is 4.79 Å². The fourth-order valence-electron chi connectivity index (χ4n) is 3.42. The van der Waals surface area contributed by atoms with E-state index >= 15 is 0 Å². The molecule has 1 aliphatic rings. The number of hydrogen-bond donors (Lipinski definition) is 1. The molecule has 1 fully saturated rings. The van der Waals surface area contributed by atoms with E-state index in [4.69, 9.17) is 4.74 Å². The maximum Gasteiger partial charge on any atom is 0.226 e. The molecule has 1 amide bonds. The normalized spacial score (nSPS) is 17.2. The second kappa shape index (κ2) is 8.32. The quantitative estimate of drug-likeness (QED) is 0.898. The number of carbonyl (C=O) groups is 1. The van der Waals surface area contributed by atoms with Crippen molar-refractivity contribution in [3.8, 4) is 5.75 Å². The molecule has 1 saturated heterocycles. The minimum atomic E-state index is 0.0351. The van der Waals surface area contributed by atoms with Crippen molar-refractivity contribution in [2.75, 3.05) is 26.2 Å². The number of carbonyl (C=O) groups excluding carboxylic acids is 1. The van der Waals surface area contributed by atoms with Crippen molar-refractivity contribution in [3.05, 3.63) is 58.9 Å². The fourth-order valence-corrected chi connectivity index (χ4v) is 3.42. The Bertz CT molecular complexity index is 761. The summed E-state index contributed by atoms with van der Waals surface area (Å²) < 4.78 is 5.93. The number of aryl methyl sites for hydroxylation is 2. The molecule has 1 aromatic carbocycles. The van der Waals surface area contributed by atoms with Gasteiger partial charge >= 0.3 is 0 Å². The molecule has 1 atom stereocenters. The summed E-state index contributed by atoms with van der Waals surface area (Å²) in [6.07, 6.45) is 3.97. The van der Waals surface area contributed by atoms with E-state index < -0.39 is 0 Å². The van der Waals surface area contributed by atoms with Crippen LogP contribution in [0, 0.1) is 20.8 Å². The molecule has 1 N–H and O–H groups in total. The lowest BCUT2D eigenvalue weighted by atomic mass is 10.0. The van der Waals surface area contributed by atoms with Gasteiger partial charge in [-0.1, -0.05) is 12.1 Å². The zero-order chi connectivity index (χ0) is 18.5. The average molecular weight is 353 g/mol. The van der Waals surface area contributed by atoms with Crippen LogP contribution < -0.4 is 10.1 Å². The number of nitrogens with one attached hydrogen (secondary N) is 1. The molecule has 0 aliphatic carbocycles. The summed E-state index contributed by atoms with van der Waals surface area (Å²) in [4.78, 5) is 18.9. The molecule has 0 radical (unpaired) electrons. The monoisotopic (exact) mass is 353 g/mol. The van der Waals surface area contributed by atoms with Gasteiger partial charge in [0.2, 0.25) is 5.91 Å². The molecule has 5 nitrogen and oxygen atoms in total. The zero-order valence-electron chi connectivity index (χ0n) is 15.8. The number of piperazine rings is 1. The second-order valence-electron chi connectivity index (χ2n) is 6.90. The summed E-state index contributed by atoms with van der Waals surface area (Å²) >= 11 is 0. The lowest BCUT2D eigenvalue weighted by molar-refractivity contribution is -0.135. The first-order valence-electron chi connectivity index (χ1n) is 9.17. The average Bonchev–Trinajstić information content (AvgIpc) is 2.66. The van der Waals surface area contributed by atoms with Gasteiger partial charge < -0.3 is 15.0 Å². The van der Waals surface area contributed by atoms with Gasteiger partial charge in [0.1, 0.15) is 5.75 Å². The van der Waals surface area contributed by atoms with Crippen LogP contribution in [0.15, 0.2) is 36.7 Å². The third-order valence-electron chi connectivity index (χ3n) is 4.97. The smallest absolute Gasteiger partial charge is 0.226 e. The van der Waals surface area contributed by atoms with Gasteiger partial charge in [0, 0.05) is 32.0 Å². The first kappa shape index (κ1) is 18.4. The van der Waals surface area contributed by atoms with Gasteiger partial charge in [0.25, 0.3) is 0 Å². The van der Waals surface area contributed by atoms with Gasteiger partial charge in [-0.15, -0.1) is 0 Å². The Morgan fingerprint density at radius 2 is 2.19 bits per heavy atom. The van der Waals surface area contributed by atoms with Gasteiger partial charge in [0.15, 0.2) is 0 Å². The number of amides is 1. The van der Waals surface area contributed by atoms with Crippen molar-refractivity contribution < 1.29 is 9.53 Å². The van der Waals surface area contributed by atoms with Crippen molar-refractivity contribution in [1.29, 1.82) is 0 Å². The topological polar surface area (TPSA) is 54.5 Å². The summed E-state index contributed by atoms with van der Waals surface area (Å²) in [6, 6.07) is 8.16. The molecule has 26 heavy (non-hydrogen) atoms. The first-order valence-corrected chi connectivity index (χ1v) is 9.17. The SMILES string of the molecule is Cc1cc(C)c(C)c(OCCC(=O)N2CCNCC2c2cccnc2)c1. The summed E-state index contributed by atoms with van der Waals surface area (Å²) in [7, 11) is 0. The lowest BCUT2D eigenvalue weighted by Gasteiger charge is -2.36. The molecule has 5 heteroatoms. The van der Waals surface area contributed by atoms with Crippen LogP contribution in [0.3, 0.4) is 0 Å². The number of pyridine rings is 1. The van der Waals surface area contributed by atoms with Crippen LogP contribution in [0.1, 0.15) is 34.7 Å². The molecular formula is C21H27N3O2. The Hall–Kier alpha value is -2.40. The Kier molecular flexibility index (Phi) is 5.89. The van der Waals surface area contributed by atoms with Crippen LogP contribution in [0.2, 0.25) is 0 Å². The predicted octanol–water partition coefficient (Wildman–Crippen LogP) is 2.95. The summed E-state index contributed by atoms with van der Waals surface area (Å²) in [5.41, 5.74) is 4.59. The highest BCUT2D eigenvalue weighted by Crippen LogP contribution is 2.25. The highest BCUT2D eigenvalue weighted by atomic mass is 16.5. The largest absolute Gasteiger partial charge is 0.493 e. The lowest BCUT2D eigenvalue weighted by Crippen LogP contribution is -2.49. The second-order valence-corrected chi connectivity index (χ2v) is 6.90. The molecule has 3 rings (SSSR count). The minimum absolute atomic E-state index is 0.0351. The zero-order valence-corrected chi connectivity index (χ0v) is 15.8. The van der Waals surface area contributed by atoms with Crippen LogP contribution in [0.5, 0.6) is 5.75 Å². The first-order chi connectivity index (χ1) is 12.6. The number of rotatable bonds is 5. The van der Waals surface area contributed by atoms with Gasteiger partial charge in [-0.05, 0) is 55.2 Å². The third kappa shape index (κ3) is 4.22. The van der Waals surface area contributed by atoms with E-state index in [-0.39, 0.29) is 11.9 Å². The molecule has 2 aromatic rings. The molecule has 138 valence electrons. The maximum atomic E-state index is 12.8. The third-order valence-corrected chi connectivity index (χ3v) is 4.97. The highest BCUT2D eigenvalue weighted by Gasteiger charge is 2.27. The van der Waals surface area contributed by atoms with E-state index in [2.05, 4.69) is 37.1 Å². The standard InChI is InChI=1S/C21H27N3O2/c1-15-11-16(2)17(3)20(12-15)26-10-6-21(25)24-9-8-23-14-19(24)18-5-4-7-22-13-18/h4-5,7,11-13,19,23H,6,8-10,14H2,1-3H3. The van der Waals surface area contributed by atoms with Crippen LogP contribution in [-0.4, -0.2) is 42.0 Å². The molecule has 0 spiro atoms. The van der Waals surface area contributed by atoms with E-state index in [0.717, 1.165) is 30.0 Å². The fraction of sp³-hybridized carbons (Fsp3) is 0.429. The summed E-state index contributed by atoms with van der Waals surface area (Å²) in [6.45, 7) is 8.88. The van der Waals surface area contributed by atoms with Crippen molar-refractivity contribution in [2.24, 2.45) is 0 Å². The number of ether oxygens (including phenoxy) is 1. The Morgan fingerprint density at radius 1 is 1.35 bits per heavy atom. The molecular weight excluding hydrogens is 326 g/mol. The predicted molar refractivity (Wildman–Crippen MR) is 102 cm³/mol. The van der Waals surface area contributed by atoms with E-state index in [0.29, 0.717) is 19.6 Å². The van der Waals surface area contributed by atoms with Crippen molar-refractivity contribution in [1.82, 2.24) is 15.2 Å². The number of benzene rings is 1. The van der Waals surface area contributed by atoms with Gasteiger partial charge in [-0.3, -0.25) is 9.78 Å². The molecule has 1 aromatic heterocycles. The van der Waals surface area contributed by atoms with Gasteiger partial charge in [-0.25, -0.2) is 0 Å². The molecule has 1 aliphatic heterocycles.